The smallest absolute Gasteiger partial charge is 0.231 e. The van der Waals surface area contributed by atoms with E-state index < -0.39 is 0 Å². The van der Waals surface area contributed by atoms with Crippen LogP contribution in [0.25, 0.3) is 0 Å². The summed E-state index contributed by atoms with van der Waals surface area (Å²) in [5, 5.41) is 0. The lowest BCUT2D eigenvalue weighted by Gasteiger charge is -2.20. The third kappa shape index (κ3) is 2.37. The molecule has 0 aromatic heterocycles. The van der Waals surface area contributed by atoms with Crippen LogP contribution in [0.4, 0.5) is 0 Å². The van der Waals surface area contributed by atoms with Gasteiger partial charge in [-0.25, -0.2) is 0 Å². The van der Waals surface area contributed by atoms with Crippen LogP contribution >= 0.6 is 0 Å². The van der Waals surface area contributed by atoms with Crippen molar-refractivity contribution < 1.29 is 9.47 Å². The van der Waals surface area contributed by atoms with Crippen molar-refractivity contribution in [3.05, 3.63) is 23.8 Å². The molecule has 1 fully saturated rings. The molecule has 0 unspecified atom stereocenters. The van der Waals surface area contributed by atoms with Gasteiger partial charge in [0, 0.05) is 18.6 Å². The van der Waals surface area contributed by atoms with E-state index in [-0.39, 0.29) is 5.54 Å². The number of rotatable bonds is 4. The Morgan fingerprint density at radius 3 is 2.82 bits per heavy atom. The van der Waals surface area contributed by atoms with E-state index in [4.69, 9.17) is 15.2 Å². The van der Waals surface area contributed by atoms with Crippen molar-refractivity contribution in [3.63, 3.8) is 0 Å². The summed E-state index contributed by atoms with van der Waals surface area (Å²) >= 11 is 0. The van der Waals surface area contributed by atoms with Gasteiger partial charge in [-0.3, -0.25) is 0 Å². The van der Waals surface area contributed by atoms with Crippen molar-refractivity contribution in [1.29, 1.82) is 0 Å². The van der Waals surface area contributed by atoms with Gasteiger partial charge in [0.2, 0.25) is 6.79 Å². The molecule has 4 heteroatoms. The molecule has 4 nitrogen and oxygen atoms in total. The second kappa shape index (κ2) is 3.89. The number of nitrogens with zero attached hydrogens (tertiary/aromatic N) is 1. The molecule has 0 bridgehead atoms. The van der Waals surface area contributed by atoms with Gasteiger partial charge in [-0.15, -0.1) is 0 Å². The standard InChI is InChI=1S/C13H18N2O2/c1-15(8-13(14)4-5-13)7-10-2-3-11-12(6-10)17-9-16-11/h2-3,6H,4-5,7-9,14H2,1H3. The summed E-state index contributed by atoms with van der Waals surface area (Å²) in [5.41, 5.74) is 7.42. The second-order valence-electron chi connectivity index (χ2n) is 5.22. The van der Waals surface area contributed by atoms with Crippen molar-refractivity contribution in [2.45, 2.75) is 24.9 Å². The summed E-state index contributed by atoms with van der Waals surface area (Å²) in [6.45, 7) is 2.19. The van der Waals surface area contributed by atoms with E-state index in [2.05, 4.69) is 24.1 Å². The van der Waals surface area contributed by atoms with Crippen LogP contribution in [0.2, 0.25) is 0 Å². The molecule has 0 amide bonds. The fourth-order valence-corrected chi connectivity index (χ4v) is 2.26. The second-order valence-corrected chi connectivity index (χ2v) is 5.22. The number of benzene rings is 1. The minimum absolute atomic E-state index is 0.0745. The fraction of sp³-hybridized carbons (Fsp3) is 0.538. The van der Waals surface area contributed by atoms with E-state index in [1.807, 2.05) is 6.07 Å². The molecule has 1 aromatic rings. The average molecular weight is 234 g/mol. The van der Waals surface area contributed by atoms with Gasteiger partial charge in [-0.2, -0.15) is 0 Å². The van der Waals surface area contributed by atoms with E-state index in [1.54, 1.807) is 0 Å². The van der Waals surface area contributed by atoms with Crippen LogP contribution in [-0.4, -0.2) is 30.8 Å². The summed E-state index contributed by atoms with van der Waals surface area (Å²) in [6.07, 6.45) is 2.30. The summed E-state index contributed by atoms with van der Waals surface area (Å²) in [6, 6.07) is 6.11. The van der Waals surface area contributed by atoms with Crippen LogP contribution in [0.3, 0.4) is 0 Å². The zero-order chi connectivity index (χ0) is 11.9. The molecule has 0 spiro atoms. The molecule has 92 valence electrons. The Labute approximate surface area is 101 Å². The van der Waals surface area contributed by atoms with Crippen LogP contribution in [0.5, 0.6) is 11.5 Å². The van der Waals surface area contributed by atoms with Gasteiger partial charge in [0.25, 0.3) is 0 Å². The SMILES string of the molecule is CN(Cc1ccc2c(c1)OCO2)CC1(N)CC1. The number of likely N-dealkylation sites (N-methyl/N-ethyl adjacent to an activating group) is 1. The van der Waals surface area contributed by atoms with Crippen molar-refractivity contribution in [3.8, 4) is 11.5 Å². The summed E-state index contributed by atoms with van der Waals surface area (Å²) in [5.74, 6) is 1.69. The molecule has 2 aliphatic rings. The first-order valence-corrected chi connectivity index (χ1v) is 6.01. The quantitative estimate of drug-likeness (QED) is 0.854. The summed E-state index contributed by atoms with van der Waals surface area (Å²) in [4.78, 5) is 2.27. The molecule has 1 aliphatic carbocycles. The van der Waals surface area contributed by atoms with Crippen LogP contribution in [0.1, 0.15) is 18.4 Å². The van der Waals surface area contributed by atoms with Crippen molar-refractivity contribution in [1.82, 2.24) is 4.90 Å². The Hall–Kier alpha value is -1.26. The molecule has 1 heterocycles. The zero-order valence-electron chi connectivity index (χ0n) is 10.1. The predicted octanol–water partition coefficient (Wildman–Crippen LogP) is 1.34. The lowest BCUT2D eigenvalue weighted by atomic mass is 10.2. The molecular formula is C13H18N2O2. The zero-order valence-corrected chi connectivity index (χ0v) is 10.1. The molecule has 2 N–H and O–H groups in total. The van der Waals surface area contributed by atoms with E-state index in [0.29, 0.717) is 6.79 Å². The van der Waals surface area contributed by atoms with Crippen molar-refractivity contribution in [2.75, 3.05) is 20.4 Å². The van der Waals surface area contributed by atoms with Crippen molar-refractivity contribution >= 4 is 0 Å². The number of hydrogen-bond acceptors (Lipinski definition) is 4. The van der Waals surface area contributed by atoms with Gasteiger partial charge in [0.15, 0.2) is 11.5 Å². The van der Waals surface area contributed by atoms with E-state index in [0.717, 1.165) is 37.4 Å². The van der Waals surface area contributed by atoms with Gasteiger partial charge in [0.05, 0.1) is 0 Å². The van der Waals surface area contributed by atoms with Crippen LogP contribution < -0.4 is 15.2 Å². The highest BCUT2D eigenvalue weighted by Crippen LogP contribution is 2.34. The minimum atomic E-state index is 0.0745. The monoisotopic (exact) mass is 234 g/mol. The Kier molecular flexibility index (Phi) is 2.49. The molecule has 0 saturated heterocycles. The average Bonchev–Trinajstić information content (AvgIpc) is 2.83. The molecular weight excluding hydrogens is 216 g/mol. The number of nitrogens with two attached hydrogens (primary N) is 1. The first-order valence-electron chi connectivity index (χ1n) is 6.01. The normalized spacial score (nSPS) is 19.7. The molecule has 1 aromatic carbocycles. The molecule has 0 atom stereocenters. The Morgan fingerprint density at radius 1 is 1.29 bits per heavy atom. The maximum absolute atomic E-state index is 6.10. The third-order valence-electron chi connectivity index (χ3n) is 3.37. The Balaban J connectivity index is 1.64. The first-order chi connectivity index (χ1) is 8.15. The Morgan fingerprint density at radius 2 is 2.06 bits per heavy atom. The highest BCUT2D eigenvalue weighted by atomic mass is 16.7. The number of ether oxygens (including phenoxy) is 2. The lowest BCUT2D eigenvalue weighted by molar-refractivity contribution is 0.174. The maximum atomic E-state index is 6.10. The molecule has 1 saturated carbocycles. The molecule has 1 aliphatic heterocycles. The predicted molar refractivity (Wildman–Crippen MR) is 65.1 cm³/mol. The summed E-state index contributed by atoms with van der Waals surface area (Å²) < 4.78 is 10.7. The topological polar surface area (TPSA) is 47.7 Å². The lowest BCUT2D eigenvalue weighted by Crippen LogP contribution is -2.36. The van der Waals surface area contributed by atoms with Crippen LogP contribution in [0.15, 0.2) is 18.2 Å². The van der Waals surface area contributed by atoms with E-state index in [9.17, 15) is 0 Å². The van der Waals surface area contributed by atoms with E-state index >= 15 is 0 Å². The Bertz CT molecular complexity index is 429. The van der Waals surface area contributed by atoms with Crippen LogP contribution in [0, 0.1) is 0 Å². The third-order valence-corrected chi connectivity index (χ3v) is 3.37. The first kappa shape index (κ1) is 10.9. The molecule has 0 radical (unpaired) electrons. The molecule has 17 heavy (non-hydrogen) atoms. The van der Waals surface area contributed by atoms with E-state index in [1.165, 1.54) is 5.56 Å². The van der Waals surface area contributed by atoms with Gasteiger partial charge >= 0.3 is 0 Å². The highest BCUT2D eigenvalue weighted by Gasteiger charge is 2.38. The van der Waals surface area contributed by atoms with Gasteiger partial charge in [-0.1, -0.05) is 6.07 Å². The number of fused-ring (bicyclic) bond motifs is 1. The van der Waals surface area contributed by atoms with Crippen LogP contribution in [-0.2, 0) is 6.54 Å². The van der Waals surface area contributed by atoms with Gasteiger partial charge in [-0.05, 0) is 37.6 Å². The highest BCUT2D eigenvalue weighted by molar-refractivity contribution is 5.44. The summed E-state index contributed by atoms with van der Waals surface area (Å²) in [7, 11) is 2.11. The number of hydrogen-bond donors (Lipinski definition) is 1. The largest absolute Gasteiger partial charge is 0.454 e. The van der Waals surface area contributed by atoms with Gasteiger partial charge in [0.1, 0.15) is 0 Å². The maximum Gasteiger partial charge on any atom is 0.231 e. The molecule has 3 rings (SSSR count). The van der Waals surface area contributed by atoms with Crippen molar-refractivity contribution in [2.24, 2.45) is 5.73 Å². The fourth-order valence-electron chi connectivity index (χ4n) is 2.26. The van der Waals surface area contributed by atoms with Gasteiger partial charge < -0.3 is 20.1 Å². The minimum Gasteiger partial charge on any atom is -0.454 e.